The molecule has 0 aliphatic rings. The Morgan fingerprint density at radius 1 is 1.12 bits per heavy atom. The molecule has 0 spiro atoms. The van der Waals surface area contributed by atoms with Crippen molar-refractivity contribution in [2.24, 2.45) is 0 Å². The van der Waals surface area contributed by atoms with Crippen molar-refractivity contribution in [1.29, 1.82) is 0 Å². The molecular formula is C14H20O3. The third-order valence-corrected chi connectivity index (χ3v) is 2.85. The quantitative estimate of drug-likeness (QED) is 0.843. The third-order valence-electron chi connectivity index (χ3n) is 2.85. The lowest BCUT2D eigenvalue weighted by atomic mass is 9.84. The Hall–Kier alpha value is -1.35. The van der Waals surface area contributed by atoms with E-state index in [0.717, 1.165) is 11.1 Å². The van der Waals surface area contributed by atoms with Gasteiger partial charge in [-0.3, -0.25) is 4.79 Å². The predicted molar refractivity (Wildman–Crippen MR) is 67.1 cm³/mol. The van der Waals surface area contributed by atoms with Crippen LogP contribution in [0.4, 0.5) is 0 Å². The molecule has 1 aromatic rings. The first-order valence-electron chi connectivity index (χ1n) is 5.68. The van der Waals surface area contributed by atoms with Crippen LogP contribution in [0, 0.1) is 0 Å². The minimum absolute atomic E-state index is 0.556. The lowest BCUT2D eigenvalue weighted by molar-refractivity contribution is -0.142. The van der Waals surface area contributed by atoms with Gasteiger partial charge in [-0.25, -0.2) is 0 Å². The van der Waals surface area contributed by atoms with Crippen LogP contribution in [0.2, 0.25) is 0 Å². The Bertz CT molecular complexity index is 396. The van der Waals surface area contributed by atoms with Crippen molar-refractivity contribution < 1.29 is 15.0 Å². The number of carboxylic acids is 1. The third kappa shape index (κ3) is 3.56. The summed E-state index contributed by atoms with van der Waals surface area (Å²) >= 11 is 0. The highest BCUT2D eigenvalue weighted by Gasteiger charge is 2.29. The molecule has 0 aliphatic heterocycles. The number of carbonyl (C=O) groups is 1. The van der Waals surface area contributed by atoms with Gasteiger partial charge in [0.1, 0.15) is 0 Å². The Balaban J connectivity index is 2.93. The Labute approximate surface area is 102 Å². The molecule has 0 bridgehead atoms. The second-order valence-electron chi connectivity index (χ2n) is 5.62. The SMILES string of the molecule is CC(C)(O)Cc1ccc(C(C)(C)C(=O)O)cc1. The van der Waals surface area contributed by atoms with Crippen LogP contribution in [0.15, 0.2) is 24.3 Å². The van der Waals surface area contributed by atoms with E-state index in [1.165, 1.54) is 0 Å². The molecule has 1 aromatic carbocycles. The number of benzene rings is 1. The molecule has 0 unspecified atom stereocenters. The minimum Gasteiger partial charge on any atom is -0.481 e. The van der Waals surface area contributed by atoms with Crippen molar-refractivity contribution in [3.63, 3.8) is 0 Å². The van der Waals surface area contributed by atoms with Gasteiger partial charge >= 0.3 is 5.97 Å². The maximum Gasteiger partial charge on any atom is 0.313 e. The van der Waals surface area contributed by atoms with Crippen molar-refractivity contribution in [3.8, 4) is 0 Å². The average molecular weight is 236 g/mol. The van der Waals surface area contributed by atoms with Gasteiger partial charge in [-0.15, -0.1) is 0 Å². The summed E-state index contributed by atoms with van der Waals surface area (Å²) in [4.78, 5) is 11.1. The normalized spacial score (nSPS) is 12.5. The summed E-state index contributed by atoms with van der Waals surface area (Å²) in [6, 6.07) is 7.38. The van der Waals surface area contributed by atoms with E-state index >= 15 is 0 Å². The van der Waals surface area contributed by atoms with Crippen molar-refractivity contribution in [2.45, 2.75) is 45.1 Å². The molecule has 0 radical (unpaired) electrons. The van der Waals surface area contributed by atoms with Crippen LogP contribution in [0.5, 0.6) is 0 Å². The number of aliphatic carboxylic acids is 1. The van der Waals surface area contributed by atoms with Gasteiger partial charge in [-0.2, -0.15) is 0 Å². The van der Waals surface area contributed by atoms with Gasteiger partial charge in [0.05, 0.1) is 11.0 Å². The molecule has 3 nitrogen and oxygen atoms in total. The molecule has 17 heavy (non-hydrogen) atoms. The molecule has 0 heterocycles. The molecule has 0 saturated carbocycles. The molecular weight excluding hydrogens is 216 g/mol. The van der Waals surface area contributed by atoms with E-state index < -0.39 is 17.0 Å². The number of carboxylic acid groups (broad SMARTS) is 1. The van der Waals surface area contributed by atoms with E-state index in [1.54, 1.807) is 27.7 Å². The topological polar surface area (TPSA) is 57.5 Å². The largest absolute Gasteiger partial charge is 0.481 e. The zero-order valence-electron chi connectivity index (χ0n) is 10.8. The van der Waals surface area contributed by atoms with Crippen LogP contribution in [0.25, 0.3) is 0 Å². The second kappa shape index (κ2) is 4.49. The number of hydrogen-bond donors (Lipinski definition) is 2. The zero-order valence-corrected chi connectivity index (χ0v) is 10.8. The van der Waals surface area contributed by atoms with Gasteiger partial charge in [0, 0.05) is 6.42 Å². The summed E-state index contributed by atoms with van der Waals surface area (Å²) in [5.74, 6) is -0.840. The first kappa shape index (κ1) is 13.7. The number of hydrogen-bond acceptors (Lipinski definition) is 2. The molecule has 0 amide bonds. The maximum absolute atomic E-state index is 11.1. The summed E-state index contributed by atoms with van der Waals surface area (Å²) in [6.07, 6.45) is 0.556. The fraction of sp³-hybridized carbons (Fsp3) is 0.500. The Morgan fingerprint density at radius 3 is 1.94 bits per heavy atom. The summed E-state index contributed by atoms with van der Waals surface area (Å²) < 4.78 is 0. The van der Waals surface area contributed by atoms with Crippen LogP contribution >= 0.6 is 0 Å². The van der Waals surface area contributed by atoms with Crippen LogP contribution < -0.4 is 0 Å². The van der Waals surface area contributed by atoms with E-state index in [-0.39, 0.29) is 0 Å². The highest BCUT2D eigenvalue weighted by atomic mass is 16.4. The highest BCUT2D eigenvalue weighted by Crippen LogP contribution is 2.24. The predicted octanol–water partition coefficient (Wildman–Crippen LogP) is 2.36. The second-order valence-corrected chi connectivity index (χ2v) is 5.62. The van der Waals surface area contributed by atoms with E-state index in [9.17, 15) is 9.90 Å². The number of aliphatic hydroxyl groups is 1. The lowest BCUT2D eigenvalue weighted by Gasteiger charge is -2.21. The molecule has 0 aromatic heterocycles. The van der Waals surface area contributed by atoms with Gasteiger partial charge in [-0.05, 0) is 38.8 Å². The molecule has 0 atom stereocenters. The fourth-order valence-corrected chi connectivity index (χ4v) is 1.66. The molecule has 0 saturated heterocycles. The standard InChI is InChI=1S/C14H20O3/c1-13(2,17)9-10-5-7-11(8-6-10)14(3,4)12(15)16/h5-8,17H,9H2,1-4H3,(H,15,16). The zero-order chi connectivity index (χ0) is 13.3. The van der Waals surface area contributed by atoms with Crippen LogP contribution in [-0.2, 0) is 16.6 Å². The summed E-state index contributed by atoms with van der Waals surface area (Å²) in [6.45, 7) is 6.87. The molecule has 94 valence electrons. The molecule has 3 heteroatoms. The highest BCUT2D eigenvalue weighted by molar-refractivity contribution is 5.80. The average Bonchev–Trinajstić information content (AvgIpc) is 2.15. The maximum atomic E-state index is 11.1. The van der Waals surface area contributed by atoms with Crippen LogP contribution in [0.1, 0.15) is 38.8 Å². The number of rotatable bonds is 4. The molecule has 0 aliphatic carbocycles. The summed E-state index contributed by atoms with van der Waals surface area (Å²) in [5, 5.41) is 18.8. The fourth-order valence-electron chi connectivity index (χ4n) is 1.66. The van der Waals surface area contributed by atoms with Gasteiger partial charge in [0.15, 0.2) is 0 Å². The van der Waals surface area contributed by atoms with Gasteiger partial charge in [-0.1, -0.05) is 24.3 Å². The summed E-state index contributed by atoms with van der Waals surface area (Å²) in [5.41, 5.74) is 0.142. The summed E-state index contributed by atoms with van der Waals surface area (Å²) in [7, 11) is 0. The van der Waals surface area contributed by atoms with Crippen LogP contribution in [0.3, 0.4) is 0 Å². The van der Waals surface area contributed by atoms with E-state index in [1.807, 2.05) is 24.3 Å². The first-order chi connectivity index (χ1) is 7.63. The Kier molecular flexibility index (Phi) is 3.62. The van der Waals surface area contributed by atoms with E-state index in [2.05, 4.69) is 0 Å². The van der Waals surface area contributed by atoms with Crippen molar-refractivity contribution in [2.75, 3.05) is 0 Å². The van der Waals surface area contributed by atoms with Crippen LogP contribution in [-0.4, -0.2) is 21.8 Å². The monoisotopic (exact) mass is 236 g/mol. The van der Waals surface area contributed by atoms with Crippen molar-refractivity contribution in [1.82, 2.24) is 0 Å². The minimum atomic E-state index is -0.882. The van der Waals surface area contributed by atoms with E-state index in [4.69, 9.17) is 5.11 Å². The first-order valence-corrected chi connectivity index (χ1v) is 5.68. The molecule has 0 fully saturated rings. The van der Waals surface area contributed by atoms with E-state index in [0.29, 0.717) is 6.42 Å². The Morgan fingerprint density at radius 2 is 1.59 bits per heavy atom. The molecule has 2 N–H and O–H groups in total. The van der Waals surface area contributed by atoms with Gasteiger partial charge < -0.3 is 10.2 Å². The van der Waals surface area contributed by atoms with Gasteiger partial charge in [0.25, 0.3) is 0 Å². The smallest absolute Gasteiger partial charge is 0.313 e. The van der Waals surface area contributed by atoms with Crippen molar-refractivity contribution in [3.05, 3.63) is 35.4 Å². The van der Waals surface area contributed by atoms with Crippen molar-refractivity contribution >= 4 is 5.97 Å². The lowest BCUT2D eigenvalue weighted by Crippen LogP contribution is -2.28. The van der Waals surface area contributed by atoms with Gasteiger partial charge in [0.2, 0.25) is 0 Å². The molecule has 1 rings (SSSR count).